The molecule has 0 radical (unpaired) electrons. The van der Waals surface area contributed by atoms with E-state index in [1.807, 2.05) is 19.1 Å². The van der Waals surface area contributed by atoms with Crippen LogP contribution in [0, 0.1) is 0 Å². The van der Waals surface area contributed by atoms with E-state index in [9.17, 15) is 0 Å². The lowest BCUT2D eigenvalue weighted by atomic mass is 9.98. The molecule has 1 aliphatic rings. The van der Waals surface area contributed by atoms with Crippen molar-refractivity contribution in [3.05, 3.63) is 59.7 Å². The van der Waals surface area contributed by atoms with E-state index < -0.39 is 0 Å². The molecule has 4 rings (SSSR count). The zero-order chi connectivity index (χ0) is 17.9. The van der Waals surface area contributed by atoms with Gasteiger partial charge in [-0.15, -0.1) is 0 Å². The molecule has 3 aromatic rings. The van der Waals surface area contributed by atoms with Gasteiger partial charge in [0, 0.05) is 31.0 Å². The van der Waals surface area contributed by atoms with Crippen LogP contribution in [0.2, 0.25) is 0 Å². The van der Waals surface area contributed by atoms with Gasteiger partial charge in [-0.3, -0.25) is 9.88 Å². The fraction of sp³-hybridized carbons (Fsp3) is 0.350. The lowest BCUT2D eigenvalue weighted by molar-refractivity contribution is 0.157. The summed E-state index contributed by atoms with van der Waals surface area (Å²) in [5, 5.41) is 4.11. The van der Waals surface area contributed by atoms with E-state index in [0.29, 0.717) is 18.3 Å². The third-order valence-corrected chi connectivity index (χ3v) is 4.80. The van der Waals surface area contributed by atoms with Crippen LogP contribution in [0.3, 0.4) is 0 Å². The Morgan fingerprint density at radius 1 is 1.27 bits per heavy atom. The maximum Gasteiger partial charge on any atom is 0.244 e. The highest BCUT2D eigenvalue weighted by molar-refractivity contribution is 5.51. The molecule has 1 aliphatic heterocycles. The molecule has 134 valence electrons. The Morgan fingerprint density at radius 3 is 3.00 bits per heavy atom. The molecule has 1 aromatic carbocycles. The van der Waals surface area contributed by atoms with Crippen LogP contribution in [0.25, 0.3) is 11.4 Å². The van der Waals surface area contributed by atoms with Crippen molar-refractivity contribution in [2.75, 3.05) is 13.2 Å². The van der Waals surface area contributed by atoms with Gasteiger partial charge in [-0.2, -0.15) is 4.98 Å². The average molecular weight is 350 g/mol. The Kier molecular flexibility index (Phi) is 4.67. The third kappa shape index (κ3) is 3.32. The van der Waals surface area contributed by atoms with Gasteiger partial charge in [0.25, 0.3) is 0 Å². The molecule has 0 saturated heterocycles. The van der Waals surface area contributed by atoms with Gasteiger partial charge < -0.3 is 9.26 Å². The van der Waals surface area contributed by atoms with Gasteiger partial charge >= 0.3 is 0 Å². The van der Waals surface area contributed by atoms with Crippen LogP contribution in [-0.4, -0.2) is 33.2 Å². The highest BCUT2D eigenvalue weighted by atomic mass is 16.5. The van der Waals surface area contributed by atoms with E-state index in [-0.39, 0.29) is 6.04 Å². The molecule has 6 nitrogen and oxygen atoms in total. The van der Waals surface area contributed by atoms with Gasteiger partial charge in [0.15, 0.2) is 0 Å². The summed E-state index contributed by atoms with van der Waals surface area (Å²) < 4.78 is 11.2. The summed E-state index contributed by atoms with van der Waals surface area (Å²) >= 11 is 0. The van der Waals surface area contributed by atoms with Crippen molar-refractivity contribution in [2.45, 2.75) is 32.9 Å². The molecule has 3 heterocycles. The molecule has 1 atom stereocenters. The van der Waals surface area contributed by atoms with Crippen LogP contribution in [-0.2, 0) is 13.0 Å². The van der Waals surface area contributed by atoms with Gasteiger partial charge in [-0.1, -0.05) is 11.2 Å². The summed E-state index contributed by atoms with van der Waals surface area (Å²) in [5.74, 6) is 2.14. The number of benzene rings is 1. The van der Waals surface area contributed by atoms with Gasteiger partial charge in [-0.25, -0.2) is 0 Å². The van der Waals surface area contributed by atoms with Crippen molar-refractivity contribution < 1.29 is 9.26 Å². The standard InChI is InChI=1S/C20H22N4O2/c1-3-25-18-7-6-15-8-10-24(13-17(15)11-18)14(2)20-22-19(23-26-20)16-5-4-9-21-12-16/h4-7,9,11-12,14H,3,8,10,13H2,1-2H3. The summed E-state index contributed by atoms with van der Waals surface area (Å²) in [4.78, 5) is 11.0. The van der Waals surface area contributed by atoms with E-state index in [0.717, 1.165) is 30.8 Å². The molecule has 2 aromatic heterocycles. The van der Waals surface area contributed by atoms with E-state index in [1.165, 1.54) is 11.1 Å². The van der Waals surface area contributed by atoms with E-state index in [1.54, 1.807) is 12.4 Å². The van der Waals surface area contributed by atoms with E-state index >= 15 is 0 Å². The maximum absolute atomic E-state index is 5.64. The number of fused-ring (bicyclic) bond motifs is 1. The number of aromatic nitrogens is 3. The zero-order valence-corrected chi connectivity index (χ0v) is 15.1. The van der Waals surface area contributed by atoms with Gasteiger partial charge in [0.1, 0.15) is 5.75 Å². The Balaban J connectivity index is 1.52. The first kappa shape index (κ1) is 16.7. The second kappa shape index (κ2) is 7.25. The molecule has 1 unspecified atom stereocenters. The molecule has 0 aliphatic carbocycles. The van der Waals surface area contributed by atoms with Crippen LogP contribution in [0.1, 0.15) is 36.9 Å². The number of ether oxygens (including phenoxy) is 1. The Labute approximate surface area is 152 Å². The summed E-state index contributed by atoms with van der Waals surface area (Å²) in [6, 6.07) is 10.2. The SMILES string of the molecule is CCOc1ccc2c(c1)CN(C(C)c1nc(-c3cccnc3)no1)CC2. The van der Waals surface area contributed by atoms with E-state index in [2.05, 4.69) is 45.1 Å². The first-order valence-corrected chi connectivity index (χ1v) is 8.97. The smallest absolute Gasteiger partial charge is 0.244 e. The molecule has 0 bridgehead atoms. The van der Waals surface area contributed by atoms with Crippen molar-refractivity contribution in [3.63, 3.8) is 0 Å². The third-order valence-electron chi connectivity index (χ3n) is 4.80. The van der Waals surface area contributed by atoms with Gasteiger partial charge in [0.05, 0.1) is 12.6 Å². The minimum absolute atomic E-state index is 0.0526. The van der Waals surface area contributed by atoms with Crippen LogP contribution in [0.15, 0.2) is 47.2 Å². The fourth-order valence-electron chi connectivity index (χ4n) is 3.32. The second-order valence-electron chi connectivity index (χ2n) is 6.46. The first-order chi connectivity index (χ1) is 12.7. The maximum atomic E-state index is 5.64. The number of rotatable bonds is 5. The molecule has 0 N–H and O–H groups in total. The largest absolute Gasteiger partial charge is 0.494 e. The molecule has 0 spiro atoms. The normalized spacial score (nSPS) is 15.5. The predicted molar refractivity (Wildman–Crippen MR) is 97.7 cm³/mol. The number of pyridine rings is 1. The van der Waals surface area contributed by atoms with Crippen molar-refractivity contribution in [1.29, 1.82) is 0 Å². The summed E-state index contributed by atoms with van der Waals surface area (Å²) in [6.45, 7) is 6.61. The molecule has 26 heavy (non-hydrogen) atoms. The zero-order valence-electron chi connectivity index (χ0n) is 15.1. The van der Waals surface area contributed by atoms with Crippen molar-refractivity contribution >= 4 is 0 Å². The second-order valence-corrected chi connectivity index (χ2v) is 6.46. The lowest BCUT2D eigenvalue weighted by Crippen LogP contribution is -2.33. The molecular weight excluding hydrogens is 328 g/mol. The summed E-state index contributed by atoms with van der Waals surface area (Å²) in [7, 11) is 0. The molecular formula is C20H22N4O2. The van der Waals surface area contributed by atoms with E-state index in [4.69, 9.17) is 9.26 Å². The Hall–Kier alpha value is -2.73. The van der Waals surface area contributed by atoms with Crippen molar-refractivity contribution in [1.82, 2.24) is 20.0 Å². The van der Waals surface area contributed by atoms with Crippen LogP contribution >= 0.6 is 0 Å². The highest BCUT2D eigenvalue weighted by Crippen LogP contribution is 2.29. The summed E-state index contributed by atoms with van der Waals surface area (Å²) in [5.41, 5.74) is 3.56. The Morgan fingerprint density at radius 2 is 2.19 bits per heavy atom. The first-order valence-electron chi connectivity index (χ1n) is 8.97. The minimum atomic E-state index is 0.0526. The topological polar surface area (TPSA) is 64.3 Å². The minimum Gasteiger partial charge on any atom is -0.494 e. The highest BCUT2D eigenvalue weighted by Gasteiger charge is 2.26. The molecule has 0 amide bonds. The van der Waals surface area contributed by atoms with Crippen molar-refractivity contribution in [3.8, 4) is 17.1 Å². The molecule has 0 fully saturated rings. The number of hydrogen-bond donors (Lipinski definition) is 0. The molecule has 0 saturated carbocycles. The lowest BCUT2D eigenvalue weighted by Gasteiger charge is -2.32. The van der Waals surface area contributed by atoms with Gasteiger partial charge in [0.2, 0.25) is 11.7 Å². The van der Waals surface area contributed by atoms with Crippen molar-refractivity contribution in [2.24, 2.45) is 0 Å². The number of nitrogens with zero attached hydrogens (tertiary/aromatic N) is 4. The predicted octanol–water partition coefficient (Wildman–Crippen LogP) is 3.65. The van der Waals surface area contributed by atoms with Crippen LogP contribution in [0.5, 0.6) is 5.75 Å². The quantitative estimate of drug-likeness (QED) is 0.700. The number of hydrogen-bond acceptors (Lipinski definition) is 6. The van der Waals surface area contributed by atoms with Crippen LogP contribution < -0.4 is 4.74 Å². The fourth-order valence-corrected chi connectivity index (χ4v) is 3.32. The molecule has 6 heteroatoms. The summed E-state index contributed by atoms with van der Waals surface area (Å²) in [6.07, 6.45) is 4.48. The Bertz CT molecular complexity index is 879. The van der Waals surface area contributed by atoms with Gasteiger partial charge in [-0.05, 0) is 55.7 Å². The van der Waals surface area contributed by atoms with Crippen LogP contribution in [0.4, 0.5) is 0 Å². The average Bonchev–Trinajstić information content (AvgIpc) is 3.18. The monoisotopic (exact) mass is 350 g/mol.